The quantitative estimate of drug-likeness (QED) is 0.582. The van der Waals surface area contributed by atoms with Crippen LogP contribution in [0.2, 0.25) is 10.0 Å². The van der Waals surface area contributed by atoms with E-state index in [-0.39, 0.29) is 15.6 Å². The van der Waals surface area contributed by atoms with Crippen LogP contribution in [0.4, 0.5) is 17.6 Å². The van der Waals surface area contributed by atoms with Gasteiger partial charge in [0.2, 0.25) is 0 Å². The van der Waals surface area contributed by atoms with Crippen molar-refractivity contribution in [2.24, 2.45) is 0 Å². The van der Waals surface area contributed by atoms with Gasteiger partial charge in [-0.1, -0.05) is 35.3 Å². The highest BCUT2D eigenvalue weighted by molar-refractivity contribution is 6.42. The Bertz CT molecular complexity index is 621. The summed E-state index contributed by atoms with van der Waals surface area (Å²) in [6.45, 7) is 0. The zero-order chi connectivity index (χ0) is 14.2. The molecule has 0 unspecified atom stereocenters. The molecule has 2 aromatic rings. The molecule has 0 saturated carbocycles. The van der Waals surface area contributed by atoms with E-state index >= 15 is 0 Å². The lowest BCUT2D eigenvalue weighted by atomic mass is 9.98. The van der Waals surface area contributed by atoms with Crippen molar-refractivity contribution in [2.45, 2.75) is 6.18 Å². The van der Waals surface area contributed by atoms with Crippen molar-refractivity contribution in [2.75, 3.05) is 0 Å². The van der Waals surface area contributed by atoms with Crippen molar-refractivity contribution in [3.8, 4) is 11.1 Å². The molecule has 0 aromatic heterocycles. The Morgan fingerprint density at radius 3 is 2.16 bits per heavy atom. The average Bonchev–Trinajstić information content (AvgIpc) is 2.31. The molecule has 0 heterocycles. The van der Waals surface area contributed by atoms with Crippen LogP contribution >= 0.6 is 23.2 Å². The Kier molecular flexibility index (Phi) is 3.74. The van der Waals surface area contributed by atoms with Crippen LogP contribution in [0.15, 0.2) is 36.4 Å². The van der Waals surface area contributed by atoms with Crippen molar-refractivity contribution in [1.29, 1.82) is 0 Å². The maximum Gasteiger partial charge on any atom is 0.417 e. The van der Waals surface area contributed by atoms with Crippen LogP contribution < -0.4 is 0 Å². The van der Waals surface area contributed by atoms with Crippen molar-refractivity contribution in [3.63, 3.8) is 0 Å². The number of hydrogen-bond donors (Lipinski definition) is 0. The molecule has 0 bridgehead atoms. The highest BCUT2D eigenvalue weighted by atomic mass is 35.5. The summed E-state index contributed by atoms with van der Waals surface area (Å²) in [5.74, 6) is -0.965. The Balaban J connectivity index is 2.70. The molecule has 0 amide bonds. The Morgan fingerprint density at radius 2 is 1.58 bits per heavy atom. The second kappa shape index (κ2) is 5.02. The first-order valence-corrected chi connectivity index (χ1v) is 5.87. The molecule has 0 atom stereocenters. The van der Waals surface area contributed by atoms with Gasteiger partial charge in [-0.2, -0.15) is 13.2 Å². The normalized spacial score (nSPS) is 11.7. The van der Waals surface area contributed by atoms with Gasteiger partial charge in [0.15, 0.2) is 0 Å². The number of rotatable bonds is 1. The lowest BCUT2D eigenvalue weighted by molar-refractivity contribution is -0.137. The zero-order valence-electron chi connectivity index (χ0n) is 9.23. The number of hydrogen-bond acceptors (Lipinski definition) is 0. The fourth-order valence-electron chi connectivity index (χ4n) is 1.71. The average molecular weight is 309 g/mol. The summed E-state index contributed by atoms with van der Waals surface area (Å²) in [5.41, 5.74) is -1.56. The molecular weight excluding hydrogens is 303 g/mol. The van der Waals surface area contributed by atoms with Gasteiger partial charge in [0.25, 0.3) is 0 Å². The van der Waals surface area contributed by atoms with E-state index in [0.717, 1.165) is 18.2 Å². The van der Waals surface area contributed by atoms with Crippen LogP contribution in [-0.4, -0.2) is 0 Å². The summed E-state index contributed by atoms with van der Waals surface area (Å²) in [5, 5.41) is 0.255. The molecule has 0 aliphatic carbocycles. The van der Waals surface area contributed by atoms with E-state index in [1.54, 1.807) is 0 Å². The minimum atomic E-state index is -4.65. The largest absolute Gasteiger partial charge is 0.417 e. The Hall–Kier alpha value is -1.26. The molecule has 0 saturated heterocycles. The van der Waals surface area contributed by atoms with Gasteiger partial charge in [-0.05, 0) is 29.8 Å². The molecule has 0 nitrogen and oxygen atoms in total. The van der Waals surface area contributed by atoms with Crippen LogP contribution in [0.25, 0.3) is 11.1 Å². The predicted molar refractivity (Wildman–Crippen MR) is 66.9 cm³/mol. The van der Waals surface area contributed by atoms with E-state index in [0.29, 0.717) is 0 Å². The van der Waals surface area contributed by atoms with Gasteiger partial charge < -0.3 is 0 Å². The maximum atomic E-state index is 13.7. The van der Waals surface area contributed by atoms with Crippen LogP contribution in [0.1, 0.15) is 5.56 Å². The van der Waals surface area contributed by atoms with Gasteiger partial charge in [0.05, 0.1) is 15.6 Å². The van der Waals surface area contributed by atoms with Gasteiger partial charge in [-0.15, -0.1) is 0 Å². The summed E-state index contributed by atoms with van der Waals surface area (Å²) in [4.78, 5) is 0. The minimum absolute atomic E-state index is 0.0276. The van der Waals surface area contributed by atoms with Crippen LogP contribution in [0, 0.1) is 5.82 Å². The topological polar surface area (TPSA) is 0 Å². The van der Waals surface area contributed by atoms with E-state index in [1.165, 1.54) is 18.2 Å². The predicted octanol–water partition coefficient (Wildman–Crippen LogP) is 5.82. The molecular formula is C13H6Cl2F4. The molecule has 6 heteroatoms. The molecule has 19 heavy (non-hydrogen) atoms. The van der Waals surface area contributed by atoms with Crippen LogP contribution in [0.5, 0.6) is 0 Å². The molecule has 0 fully saturated rings. The van der Waals surface area contributed by atoms with Gasteiger partial charge in [-0.3, -0.25) is 0 Å². The molecule has 2 rings (SSSR count). The van der Waals surface area contributed by atoms with Gasteiger partial charge in [0, 0.05) is 5.56 Å². The standard InChI is InChI=1S/C13H6Cl2F4/c14-9-5-4-7(6-10(9)15)12-8(13(17,18)19)2-1-3-11(12)16/h1-6H. The minimum Gasteiger partial charge on any atom is -0.206 e. The van der Waals surface area contributed by atoms with E-state index in [4.69, 9.17) is 23.2 Å². The molecule has 0 aliphatic heterocycles. The number of benzene rings is 2. The first-order chi connectivity index (χ1) is 8.80. The lowest BCUT2D eigenvalue weighted by Gasteiger charge is -2.14. The third-order valence-corrected chi connectivity index (χ3v) is 3.27. The second-order valence-electron chi connectivity index (χ2n) is 3.79. The molecule has 0 N–H and O–H groups in total. The fraction of sp³-hybridized carbons (Fsp3) is 0.0769. The summed E-state index contributed by atoms with van der Waals surface area (Å²) in [7, 11) is 0. The zero-order valence-corrected chi connectivity index (χ0v) is 10.7. The molecule has 0 spiro atoms. The van der Waals surface area contributed by atoms with Crippen LogP contribution in [0.3, 0.4) is 0 Å². The third kappa shape index (κ3) is 2.85. The summed E-state index contributed by atoms with van der Waals surface area (Å²) in [6, 6.07) is 6.62. The van der Waals surface area contributed by atoms with Gasteiger partial charge in [0.1, 0.15) is 5.82 Å². The third-order valence-electron chi connectivity index (χ3n) is 2.53. The summed E-state index contributed by atoms with van der Waals surface area (Å²) < 4.78 is 52.3. The van der Waals surface area contributed by atoms with E-state index in [1.807, 2.05) is 0 Å². The smallest absolute Gasteiger partial charge is 0.206 e. The molecule has 2 aromatic carbocycles. The molecule has 100 valence electrons. The summed E-state index contributed by atoms with van der Waals surface area (Å²) >= 11 is 11.4. The maximum absolute atomic E-state index is 13.7. The molecule has 0 aliphatic rings. The van der Waals surface area contributed by atoms with Gasteiger partial charge in [-0.25, -0.2) is 4.39 Å². The highest BCUT2D eigenvalue weighted by Crippen LogP contribution is 2.39. The SMILES string of the molecule is Fc1cccc(C(F)(F)F)c1-c1ccc(Cl)c(Cl)c1. The van der Waals surface area contributed by atoms with Gasteiger partial charge >= 0.3 is 6.18 Å². The summed E-state index contributed by atoms with van der Waals surface area (Å²) in [6.07, 6.45) is -4.65. The monoisotopic (exact) mass is 308 g/mol. The Labute approximate surface area is 116 Å². The Morgan fingerprint density at radius 1 is 0.895 bits per heavy atom. The fourth-order valence-corrected chi connectivity index (χ4v) is 2.00. The lowest BCUT2D eigenvalue weighted by Crippen LogP contribution is -2.08. The van der Waals surface area contributed by atoms with Crippen molar-refractivity contribution in [1.82, 2.24) is 0 Å². The second-order valence-corrected chi connectivity index (χ2v) is 4.60. The van der Waals surface area contributed by atoms with E-state index in [2.05, 4.69) is 0 Å². The van der Waals surface area contributed by atoms with Crippen LogP contribution in [-0.2, 0) is 6.18 Å². The van der Waals surface area contributed by atoms with Crippen molar-refractivity contribution in [3.05, 3.63) is 57.8 Å². The number of halogens is 6. The molecule has 0 radical (unpaired) electrons. The number of alkyl halides is 3. The highest BCUT2D eigenvalue weighted by Gasteiger charge is 2.34. The first-order valence-electron chi connectivity index (χ1n) is 5.12. The van der Waals surface area contributed by atoms with E-state index in [9.17, 15) is 17.6 Å². The van der Waals surface area contributed by atoms with Crippen molar-refractivity contribution < 1.29 is 17.6 Å². The van der Waals surface area contributed by atoms with Crippen molar-refractivity contribution >= 4 is 23.2 Å². The van der Waals surface area contributed by atoms with E-state index < -0.39 is 23.1 Å². The first kappa shape index (κ1) is 14.2.